The largest absolute Gasteiger partial charge is 0.259 e. The van der Waals surface area contributed by atoms with E-state index in [4.69, 9.17) is 0 Å². The molecule has 1 aliphatic heterocycles. The van der Waals surface area contributed by atoms with Crippen LogP contribution in [0.5, 0.6) is 0 Å². The van der Waals surface area contributed by atoms with Gasteiger partial charge in [0, 0.05) is 22.2 Å². The van der Waals surface area contributed by atoms with Crippen LogP contribution in [0.25, 0.3) is 0 Å². The van der Waals surface area contributed by atoms with Gasteiger partial charge in [0.05, 0.1) is 10.9 Å². The Morgan fingerprint density at radius 1 is 1.43 bits per heavy atom. The second kappa shape index (κ2) is 4.22. The average molecular weight is 209 g/mol. The minimum Gasteiger partial charge on any atom is -0.259 e. The molecule has 2 nitrogen and oxygen atoms in total. The molecule has 0 radical (unpaired) electrons. The molecule has 2 heterocycles. The Bertz CT molecular complexity index is 351. The smallest absolute Gasteiger partial charge is 0.0769 e. The first-order valence-electron chi connectivity index (χ1n) is 5.08. The lowest BCUT2D eigenvalue weighted by Gasteiger charge is -2.20. The van der Waals surface area contributed by atoms with Gasteiger partial charge in [-0.3, -0.25) is 9.19 Å². The zero-order chi connectivity index (χ0) is 9.97. The lowest BCUT2D eigenvalue weighted by atomic mass is 10.1. The second-order valence-electron chi connectivity index (χ2n) is 3.77. The monoisotopic (exact) mass is 209 g/mol. The normalized spacial score (nSPS) is 27.5. The zero-order valence-corrected chi connectivity index (χ0v) is 9.22. The van der Waals surface area contributed by atoms with Gasteiger partial charge in [-0.2, -0.15) is 0 Å². The maximum absolute atomic E-state index is 11.8. The van der Waals surface area contributed by atoms with E-state index in [1.54, 1.807) is 0 Å². The van der Waals surface area contributed by atoms with E-state index < -0.39 is 10.8 Å². The van der Waals surface area contributed by atoms with Crippen molar-refractivity contribution in [2.24, 2.45) is 0 Å². The Hall–Kier alpha value is -0.700. The molecule has 2 atom stereocenters. The zero-order valence-electron chi connectivity index (χ0n) is 8.40. The predicted molar refractivity (Wildman–Crippen MR) is 58.6 cm³/mol. The van der Waals surface area contributed by atoms with Crippen LogP contribution < -0.4 is 0 Å². The third kappa shape index (κ3) is 2.03. The van der Waals surface area contributed by atoms with Crippen LogP contribution in [0, 0.1) is 6.92 Å². The number of aromatic nitrogens is 1. The van der Waals surface area contributed by atoms with Crippen molar-refractivity contribution in [3.63, 3.8) is 0 Å². The van der Waals surface area contributed by atoms with Gasteiger partial charge < -0.3 is 0 Å². The fourth-order valence-corrected chi connectivity index (χ4v) is 3.48. The molecule has 0 bridgehead atoms. The van der Waals surface area contributed by atoms with Gasteiger partial charge >= 0.3 is 0 Å². The van der Waals surface area contributed by atoms with Crippen LogP contribution in [0.15, 0.2) is 18.2 Å². The molecule has 1 fully saturated rings. The molecule has 0 amide bonds. The predicted octanol–water partition coefficient (Wildman–Crippen LogP) is 2.36. The molecule has 0 N–H and O–H groups in total. The summed E-state index contributed by atoms with van der Waals surface area (Å²) in [7, 11) is -0.700. The van der Waals surface area contributed by atoms with Crippen LogP contribution in [-0.4, -0.2) is 14.9 Å². The van der Waals surface area contributed by atoms with Crippen molar-refractivity contribution in [2.75, 3.05) is 5.75 Å². The Balaban J connectivity index is 2.24. The molecule has 1 aromatic heterocycles. The Kier molecular flexibility index (Phi) is 2.96. The van der Waals surface area contributed by atoms with Gasteiger partial charge in [0.15, 0.2) is 0 Å². The Labute approximate surface area is 87.2 Å². The van der Waals surface area contributed by atoms with E-state index in [9.17, 15) is 4.21 Å². The molecule has 0 aromatic carbocycles. The van der Waals surface area contributed by atoms with Crippen LogP contribution in [0.4, 0.5) is 0 Å². The van der Waals surface area contributed by atoms with Crippen LogP contribution in [0.1, 0.15) is 35.9 Å². The van der Waals surface area contributed by atoms with Crippen molar-refractivity contribution >= 4 is 10.8 Å². The van der Waals surface area contributed by atoms with Crippen LogP contribution in [0.2, 0.25) is 0 Å². The third-order valence-corrected chi connectivity index (χ3v) is 4.42. The first-order chi connectivity index (χ1) is 6.77. The van der Waals surface area contributed by atoms with E-state index >= 15 is 0 Å². The van der Waals surface area contributed by atoms with E-state index in [1.165, 1.54) is 6.42 Å². The molecular formula is C11H15NOS. The first-order valence-corrected chi connectivity index (χ1v) is 6.46. The van der Waals surface area contributed by atoms with Crippen LogP contribution >= 0.6 is 0 Å². The van der Waals surface area contributed by atoms with Crippen molar-refractivity contribution in [2.45, 2.75) is 31.4 Å². The lowest BCUT2D eigenvalue weighted by molar-refractivity contribution is 0.613. The Morgan fingerprint density at radius 2 is 2.29 bits per heavy atom. The highest BCUT2D eigenvalue weighted by Crippen LogP contribution is 2.29. The SMILES string of the molecule is Cc1cccc(C2CCCCS2=O)n1. The van der Waals surface area contributed by atoms with Crippen LogP contribution in [-0.2, 0) is 10.8 Å². The van der Waals surface area contributed by atoms with E-state index in [-0.39, 0.29) is 5.25 Å². The van der Waals surface area contributed by atoms with Crippen LogP contribution in [0.3, 0.4) is 0 Å². The number of aryl methyl sites for hydroxylation is 1. The van der Waals surface area contributed by atoms with Gasteiger partial charge in [-0.05, 0) is 31.9 Å². The number of hydrogen-bond acceptors (Lipinski definition) is 2. The van der Waals surface area contributed by atoms with Gasteiger partial charge in [-0.15, -0.1) is 0 Å². The number of rotatable bonds is 1. The lowest BCUT2D eigenvalue weighted by Crippen LogP contribution is -2.16. The standard InChI is InChI=1S/C11H15NOS/c1-9-5-4-6-10(12-9)11-7-2-3-8-14(11)13/h4-6,11H,2-3,7-8H2,1H3. The molecule has 76 valence electrons. The van der Waals surface area contributed by atoms with Gasteiger partial charge in [-0.1, -0.05) is 12.5 Å². The fraction of sp³-hybridized carbons (Fsp3) is 0.545. The molecule has 0 saturated carbocycles. The molecule has 3 heteroatoms. The molecular weight excluding hydrogens is 194 g/mol. The number of pyridine rings is 1. The fourth-order valence-electron chi connectivity index (χ4n) is 1.87. The molecule has 1 saturated heterocycles. The highest BCUT2D eigenvalue weighted by molar-refractivity contribution is 7.85. The van der Waals surface area contributed by atoms with Gasteiger partial charge in [0.1, 0.15) is 0 Å². The molecule has 1 aromatic rings. The van der Waals surface area contributed by atoms with E-state index in [2.05, 4.69) is 4.98 Å². The van der Waals surface area contributed by atoms with Crippen molar-refractivity contribution < 1.29 is 4.21 Å². The summed E-state index contributed by atoms with van der Waals surface area (Å²) < 4.78 is 11.8. The van der Waals surface area contributed by atoms with Gasteiger partial charge in [0.2, 0.25) is 0 Å². The molecule has 2 unspecified atom stereocenters. The second-order valence-corrected chi connectivity index (χ2v) is 5.51. The summed E-state index contributed by atoms with van der Waals surface area (Å²) in [5.74, 6) is 0.848. The Morgan fingerprint density at radius 3 is 3.00 bits per heavy atom. The molecule has 2 rings (SSSR count). The highest BCUT2D eigenvalue weighted by atomic mass is 32.2. The minimum atomic E-state index is -0.700. The molecule has 14 heavy (non-hydrogen) atoms. The van der Waals surface area contributed by atoms with E-state index in [0.717, 1.165) is 30.0 Å². The van der Waals surface area contributed by atoms with Crippen molar-refractivity contribution in [3.8, 4) is 0 Å². The van der Waals surface area contributed by atoms with Crippen molar-refractivity contribution in [1.29, 1.82) is 0 Å². The molecule has 0 spiro atoms. The first kappa shape index (κ1) is 9.84. The maximum Gasteiger partial charge on any atom is 0.0769 e. The average Bonchev–Trinajstić information content (AvgIpc) is 2.18. The summed E-state index contributed by atoms with van der Waals surface area (Å²) in [5, 5.41) is 0.184. The minimum absolute atomic E-state index is 0.184. The van der Waals surface area contributed by atoms with Gasteiger partial charge in [0.25, 0.3) is 0 Å². The van der Waals surface area contributed by atoms with E-state index in [0.29, 0.717) is 0 Å². The topological polar surface area (TPSA) is 30.0 Å². The summed E-state index contributed by atoms with van der Waals surface area (Å²) in [6.45, 7) is 1.98. The summed E-state index contributed by atoms with van der Waals surface area (Å²) in [6.07, 6.45) is 3.32. The van der Waals surface area contributed by atoms with Crippen molar-refractivity contribution in [3.05, 3.63) is 29.6 Å². The number of hydrogen-bond donors (Lipinski definition) is 0. The molecule has 0 aliphatic carbocycles. The quantitative estimate of drug-likeness (QED) is 0.710. The number of nitrogens with zero attached hydrogens (tertiary/aromatic N) is 1. The molecule has 1 aliphatic rings. The maximum atomic E-state index is 11.8. The van der Waals surface area contributed by atoms with Crippen molar-refractivity contribution in [1.82, 2.24) is 4.98 Å². The van der Waals surface area contributed by atoms with E-state index in [1.807, 2.05) is 25.1 Å². The summed E-state index contributed by atoms with van der Waals surface area (Å²) >= 11 is 0. The third-order valence-electron chi connectivity index (χ3n) is 2.62. The summed E-state index contributed by atoms with van der Waals surface area (Å²) in [6, 6.07) is 5.99. The highest BCUT2D eigenvalue weighted by Gasteiger charge is 2.23. The summed E-state index contributed by atoms with van der Waals surface area (Å²) in [5.41, 5.74) is 2.04. The van der Waals surface area contributed by atoms with Gasteiger partial charge in [-0.25, -0.2) is 0 Å². The summed E-state index contributed by atoms with van der Waals surface area (Å²) in [4.78, 5) is 4.45.